The molecule has 0 aliphatic carbocycles. The maximum Gasteiger partial charge on any atom is 0.244 e. The summed E-state index contributed by atoms with van der Waals surface area (Å²) in [6.07, 6.45) is 3.09. The van der Waals surface area contributed by atoms with Gasteiger partial charge in [-0.1, -0.05) is 85.1 Å². The highest BCUT2D eigenvalue weighted by Gasteiger charge is 2.33. The van der Waals surface area contributed by atoms with E-state index in [-0.39, 0.29) is 18.9 Å². The van der Waals surface area contributed by atoms with E-state index < -0.39 is 28.5 Å². The summed E-state index contributed by atoms with van der Waals surface area (Å²) in [7, 11) is -3.81. The van der Waals surface area contributed by atoms with E-state index in [2.05, 4.69) is 5.32 Å². The molecule has 7 nitrogen and oxygen atoms in total. The van der Waals surface area contributed by atoms with E-state index >= 15 is 0 Å². The highest BCUT2D eigenvalue weighted by Crippen LogP contribution is 2.25. The fourth-order valence-corrected chi connectivity index (χ4v) is 5.56. The van der Waals surface area contributed by atoms with Crippen molar-refractivity contribution in [3.05, 3.63) is 100 Å². The fraction of sp³-hybridized carbons (Fsp3) is 0.355. The van der Waals surface area contributed by atoms with E-state index in [9.17, 15) is 18.0 Å². The zero-order valence-electron chi connectivity index (χ0n) is 23.6. The Labute approximate surface area is 243 Å². The zero-order chi connectivity index (χ0) is 29.3. The number of benzene rings is 3. The van der Waals surface area contributed by atoms with E-state index in [1.807, 2.05) is 63.2 Å². The van der Waals surface area contributed by atoms with Gasteiger partial charge in [-0.2, -0.15) is 0 Å². The van der Waals surface area contributed by atoms with Crippen molar-refractivity contribution in [2.75, 3.05) is 23.7 Å². The fourth-order valence-electron chi connectivity index (χ4n) is 4.53. The van der Waals surface area contributed by atoms with Crippen LogP contribution in [0.2, 0.25) is 5.02 Å². The molecule has 40 heavy (non-hydrogen) atoms. The lowest BCUT2D eigenvalue weighted by Gasteiger charge is -2.34. The van der Waals surface area contributed by atoms with Crippen LogP contribution in [0.15, 0.2) is 72.8 Å². The molecule has 0 aliphatic rings. The third kappa shape index (κ3) is 8.83. The molecular formula is C31H38ClN3O4S. The first-order chi connectivity index (χ1) is 19.0. The molecule has 9 heteroatoms. The molecular weight excluding hydrogens is 546 g/mol. The van der Waals surface area contributed by atoms with Crippen molar-refractivity contribution in [1.29, 1.82) is 0 Å². The molecule has 3 aromatic rings. The van der Waals surface area contributed by atoms with E-state index in [0.717, 1.165) is 45.7 Å². The average molecular weight is 584 g/mol. The summed E-state index contributed by atoms with van der Waals surface area (Å²) < 4.78 is 27.0. The topological polar surface area (TPSA) is 86.8 Å². The number of carbonyl (C=O) groups is 2. The van der Waals surface area contributed by atoms with Crippen molar-refractivity contribution >= 4 is 39.1 Å². The number of carbonyl (C=O) groups excluding carboxylic acids is 2. The highest BCUT2D eigenvalue weighted by atomic mass is 35.5. The van der Waals surface area contributed by atoms with E-state index in [0.29, 0.717) is 17.3 Å². The number of amides is 2. The summed E-state index contributed by atoms with van der Waals surface area (Å²) in [6.45, 7) is 5.93. The van der Waals surface area contributed by atoms with Crippen molar-refractivity contribution < 1.29 is 18.0 Å². The van der Waals surface area contributed by atoms with Crippen LogP contribution >= 0.6 is 11.6 Å². The second-order valence-corrected chi connectivity index (χ2v) is 12.4. The SMILES string of the molecule is CCCCNC(=O)[C@H](Cc1ccccc1)N(Cc1ccc(Cl)cc1)C(=O)CN(c1ccc(C)cc1C)S(C)(=O)=O. The molecule has 0 fully saturated rings. The summed E-state index contributed by atoms with van der Waals surface area (Å²) in [5.74, 6) is -0.760. The van der Waals surface area contributed by atoms with Gasteiger partial charge in [0.2, 0.25) is 21.8 Å². The quantitative estimate of drug-likeness (QED) is 0.277. The summed E-state index contributed by atoms with van der Waals surface area (Å²) in [5.41, 5.74) is 3.81. The highest BCUT2D eigenvalue weighted by molar-refractivity contribution is 7.92. The van der Waals surface area contributed by atoms with Crippen LogP contribution in [0.1, 0.15) is 42.0 Å². The molecule has 0 radical (unpaired) electrons. The summed E-state index contributed by atoms with van der Waals surface area (Å²) in [4.78, 5) is 29.2. The number of sulfonamides is 1. The number of hydrogen-bond acceptors (Lipinski definition) is 4. The van der Waals surface area contributed by atoms with Crippen LogP contribution in [-0.2, 0) is 32.6 Å². The van der Waals surface area contributed by atoms with Crippen LogP contribution < -0.4 is 9.62 Å². The predicted molar refractivity (Wildman–Crippen MR) is 162 cm³/mol. The standard InChI is InChI=1S/C31H38ClN3O4S/c1-5-6-18-33-31(37)29(20-25-10-8-7-9-11-25)34(21-26-13-15-27(32)16-14-26)30(36)22-35(40(4,38)39)28-17-12-23(2)19-24(28)3/h7-17,19,29H,5-6,18,20-22H2,1-4H3,(H,33,37)/t29-/m0/s1. The molecule has 0 saturated carbocycles. The molecule has 2 amide bonds. The third-order valence-electron chi connectivity index (χ3n) is 6.67. The predicted octanol–water partition coefficient (Wildman–Crippen LogP) is 5.28. The van der Waals surface area contributed by atoms with Gasteiger partial charge < -0.3 is 10.2 Å². The van der Waals surface area contributed by atoms with Gasteiger partial charge in [0.05, 0.1) is 11.9 Å². The van der Waals surface area contributed by atoms with Gasteiger partial charge in [0.15, 0.2) is 0 Å². The summed E-state index contributed by atoms with van der Waals surface area (Å²) in [5, 5.41) is 3.53. The maximum atomic E-state index is 14.1. The molecule has 0 spiro atoms. The third-order valence-corrected chi connectivity index (χ3v) is 8.05. The number of halogens is 1. The Bertz CT molecular complexity index is 1400. The second-order valence-electron chi connectivity index (χ2n) is 10.1. The maximum absolute atomic E-state index is 14.1. The zero-order valence-corrected chi connectivity index (χ0v) is 25.1. The normalized spacial score (nSPS) is 12.0. The Kier molecular flexibility index (Phi) is 11.2. The van der Waals surface area contributed by atoms with Gasteiger partial charge in [-0.3, -0.25) is 13.9 Å². The summed E-state index contributed by atoms with van der Waals surface area (Å²) >= 11 is 6.10. The van der Waals surface area contributed by atoms with Crippen LogP contribution in [0.3, 0.4) is 0 Å². The molecule has 1 atom stereocenters. The lowest BCUT2D eigenvalue weighted by Crippen LogP contribution is -2.53. The first-order valence-corrected chi connectivity index (χ1v) is 15.6. The molecule has 0 aliphatic heterocycles. The number of anilines is 1. The lowest BCUT2D eigenvalue weighted by molar-refractivity contribution is -0.140. The van der Waals surface area contributed by atoms with Crippen LogP contribution in [0, 0.1) is 13.8 Å². The van der Waals surface area contributed by atoms with Crippen molar-refractivity contribution in [3.8, 4) is 0 Å². The van der Waals surface area contributed by atoms with Gasteiger partial charge in [0.1, 0.15) is 12.6 Å². The number of nitrogens with one attached hydrogen (secondary N) is 1. The molecule has 3 aromatic carbocycles. The summed E-state index contributed by atoms with van der Waals surface area (Å²) in [6, 6.07) is 21.1. The minimum Gasteiger partial charge on any atom is -0.354 e. The lowest BCUT2D eigenvalue weighted by atomic mass is 10.0. The van der Waals surface area contributed by atoms with Gasteiger partial charge >= 0.3 is 0 Å². The Morgan fingerprint density at radius 3 is 2.23 bits per heavy atom. The van der Waals surface area contributed by atoms with Crippen LogP contribution in [0.25, 0.3) is 0 Å². The van der Waals surface area contributed by atoms with E-state index in [1.54, 1.807) is 30.3 Å². The van der Waals surface area contributed by atoms with Crippen molar-refractivity contribution in [2.24, 2.45) is 0 Å². The van der Waals surface area contributed by atoms with Gasteiger partial charge in [0.25, 0.3) is 0 Å². The molecule has 0 bridgehead atoms. The number of rotatable bonds is 13. The smallest absolute Gasteiger partial charge is 0.244 e. The molecule has 0 unspecified atom stereocenters. The number of aryl methyl sites for hydroxylation is 2. The van der Waals surface area contributed by atoms with Crippen molar-refractivity contribution in [3.63, 3.8) is 0 Å². The average Bonchev–Trinajstić information content (AvgIpc) is 2.90. The molecule has 3 rings (SSSR count). The van der Waals surface area contributed by atoms with Crippen LogP contribution in [-0.4, -0.2) is 50.5 Å². The number of unbranched alkanes of at least 4 members (excludes halogenated alkanes) is 1. The number of nitrogens with zero attached hydrogens (tertiary/aromatic N) is 2. The van der Waals surface area contributed by atoms with Gasteiger partial charge in [0, 0.05) is 24.5 Å². The molecule has 0 saturated heterocycles. The van der Waals surface area contributed by atoms with Crippen LogP contribution in [0.5, 0.6) is 0 Å². The van der Waals surface area contributed by atoms with Gasteiger partial charge in [-0.15, -0.1) is 0 Å². The monoisotopic (exact) mass is 583 g/mol. The van der Waals surface area contributed by atoms with Crippen LogP contribution in [0.4, 0.5) is 5.69 Å². The Hall–Kier alpha value is -3.36. The minimum atomic E-state index is -3.81. The molecule has 214 valence electrons. The minimum absolute atomic E-state index is 0.110. The first kappa shape index (κ1) is 31.2. The van der Waals surface area contributed by atoms with E-state index in [1.165, 1.54) is 4.90 Å². The largest absolute Gasteiger partial charge is 0.354 e. The van der Waals surface area contributed by atoms with Crippen molar-refractivity contribution in [2.45, 2.75) is 52.6 Å². The second kappa shape index (κ2) is 14.3. The Balaban J connectivity index is 2.04. The molecule has 1 N–H and O–H groups in total. The Morgan fingerprint density at radius 1 is 0.950 bits per heavy atom. The number of hydrogen-bond donors (Lipinski definition) is 1. The Morgan fingerprint density at radius 2 is 1.62 bits per heavy atom. The molecule has 0 aromatic heterocycles. The molecule has 0 heterocycles. The van der Waals surface area contributed by atoms with Crippen molar-refractivity contribution in [1.82, 2.24) is 10.2 Å². The van der Waals surface area contributed by atoms with Gasteiger partial charge in [-0.25, -0.2) is 8.42 Å². The van der Waals surface area contributed by atoms with E-state index in [4.69, 9.17) is 11.6 Å². The van der Waals surface area contributed by atoms with Gasteiger partial charge in [-0.05, 0) is 55.2 Å². The first-order valence-electron chi connectivity index (χ1n) is 13.4.